The maximum absolute atomic E-state index is 12.4. The first-order chi connectivity index (χ1) is 13.0. The molecular weight excluding hydrogens is 336 g/mol. The van der Waals surface area contributed by atoms with E-state index in [1.54, 1.807) is 13.3 Å². The van der Waals surface area contributed by atoms with Crippen molar-refractivity contribution in [3.05, 3.63) is 69.7 Å². The average Bonchev–Trinajstić information content (AvgIpc) is 2.86. The molecular formula is C22H26N4O. The van der Waals surface area contributed by atoms with Crippen molar-refractivity contribution in [1.82, 2.24) is 10.3 Å². The number of nitrogens with zero attached hydrogens (tertiary/aromatic N) is 2. The summed E-state index contributed by atoms with van der Waals surface area (Å²) in [7, 11) is 1.71. The summed E-state index contributed by atoms with van der Waals surface area (Å²) in [5.41, 5.74) is 14.0. The van der Waals surface area contributed by atoms with E-state index >= 15 is 0 Å². The third-order valence-electron chi connectivity index (χ3n) is 5.24. The molecule has 5 nitrogen and oxygen atoms in total. The van der Waals surface area contributed by atoms with Gasteiger partial charge in [0, 0.05) is 43.3 Å². The maximum Gasteiger partial charge on any atom is 0.251 e. The molecule has 2 heterocycles. The van der Waals surface area contributed by atoms with E-state index < -0.39 is 0 Å². The second-order valence-corrected chi connectivity index (χ2v) is 6.91. The number of benzene rings is 1. The molecule has 0 saturated heterocycles. The molecule has 1 aliphatic heterocycles. The van der Waals surface area contributed by atoms with E-state index in [2.05, 4.69) is 41.3 Å². The fourth-order valence-corrected chi connectivity index (χ4v) is 3.56. The van der Waals surface area contributed by atoms with Crippen molar-refractivity contribution in [3.8, 4) is 0 Å². The van der Waals surface area contributed by atoms with Crippen LogP contribution in [0.1, 0.15) is 50.3 Å². The number of aromatic nitrogens is 1. The summed E-state index contributed by atoms with van der Waals surface area (Å²) in [6, 6.07) is 6.06. The molecule has 1 aromatic heterocycles. The Morgan fingerprint density at radius 1 is 1.33 bits per heavy atom. The lowest BCUT2D eigenvalue weighted by molar-refractivity contribution is 0.0956. The molecule has 0 spiro atoms. The number of carbonyl (C=O) groups is 1. The van der Waals surface area contributed by atoms with E-state index in [1.165, 1.54) is 28.5 Å². The summed E-state index contributed by atoms with van der Waals surface area (Å²) in [5, 5.41) is 3.00. The predicted octanol–water partition coefficient (Wildman–Crippen LogP) is 2.97. The Kier molecular flexibility index (Phi) is 5.69. The average molecular weight is 362 g/mol. The molecule has 0 bridgehead atoms. The predicted molar refractivity (Wildman–Crippen MR) is 110 cm³/mol. The van der Waals surface area contributed by atoms with Crippen LogP contribution in [0.25, 0.3) is 5.57 Å². The van der Waals surface area contributed by atoms with Crippen molar-refractivity contribution in [2.75, 3.05) is 13.6 Å². The number of allylic oxidation sites excluding steroid dienone is 1. The molecule has 3 N–H and O–H groups in total. The maximum atomic E-state index is 12.4. The first-order valence-corrected chi connectivity index (χ1v) is 9.24. The fourth-order valence-electron chi connectivity index (χ4n) is 3.56. The van der Waals surface area contributed by atoms with Gasteiger partial charge in [0.25, 0.3) is 5.91 Å². The van der Waals surface area contributed by atoms with Crippen LogP contribution in [0, 0.1) is 13.8 Å². The molecule has 1 aromatic carbocycles. The van der Waals surface area contributed by atoms with Crippen LogP contribution in [0.15, 0.2) is 35.6 Å². The highest BCUT2D eigenvalue weighted by Crippen LogP contribution is 2.27. The zero-order chi connectivity index (χ0) is 19.4. The van der Waals surface area contributed by atoms with Crippen LogP contribution in [0.4, 0.5) is 0 Å². The van der Waals surface area contributed by atoms with Gasteiger partial charge in [0.1, 0.15) is 0 Å². The zero-order valence-corrected chi connectivity index (χ0v) is 16.2. The highest BCUT2D eigenvalue weighted by atomic mass is 16.1. The van der Waals surface area contributed by atoms with E-state index in [1.807, 2.05) is 12.3 Å². The minimum Gasteiger partial charge on any atom is -0.404 e. The molecule has 5 heteroatoms. The fraction of sp³-hybridized carbons (Fsp3) is 0.318. The van der Waals surface area contributed by atoms with Crippen LogP contribution < -0.4 is 11.1 Å². The van der Waals surface area contributed by atoms with Crippen molar-refractivity contribution >= 4 is 17.7 Å². The van der Waals surface area contributed by atoms with Gasteiger partial charge in [-0.1, -0.05) is 6.07 Å². The molecule has 27 heavy (non-hydrogen) atoms. The minimum atomic E-state index is 0.0388. The molecule has 2 aromatic rings. The summed E-state index contributed by atoms with van der Waals surface area (Å²) in [4.78, 5) is 20.9. The number of carbonyl (C=O) groups excluding carboxylic acids is 1. The standard InChI is InChI=1S/C22H26N4O/c1-14-15(2)19-5-4-8-25-22(27)20(19)10-17(14)9-16-6-7-21(26-12-16)18(11-23)13-24-3/h6-7,10-13H,4-5,8-9,23H2,1-3H3,(H,25,27)/b18-11+,24-13?. The Hall–Kier alpha value is -2.95. The number of fused-ring (bicyclic) bond motifs is 1. The third kappa shape index (κ3) is 3.92. The SMILES string of the molecule is CN=C/C(=C\N)c1ccc(Cc2cc3c(c(C)c2C)CCCNC3=O)cn1. The summed E-state index contributed by atoms with van der Waals surface area (Å²) < 4.78 is 0. The molecule has 0 radical (unpaired) electrons. The number of hydrogen-bond acceptors (Lipinski definition) is 4. The summed E-state index contributed by atoms with van der Waals surface area (Å²) in [6.07, 6.45) is 7.74. The monoisotopic (exact) mass is 362 g/mol. The molecule has 0 saturated carbocycles. The van der Waals surface area contributed by atoms with Crippen molar-refractivity contribution < 1.29 is 4.79 Å². The Balaban J connectivity index is 1.92. The van der Waals surface area contributed by atoms with Crippen LogP contribution in [0.5, 0.6) is 0 Å². The Labute approximate surface area is 160 Å². The zero-order valence-electron chi connectivity index (χ0n) is 16.2. The Morgan fingerprint density at radius 2 is 2.15 bits per heavy atom. The van der Waals surface area contributed by atoms with Gasteiger partial charge in [-0.25, -0.2) is 0 Å². The van der Waals surface area contributed by atoms with Crippen LogP contribution in [-0.2, 0) is 12.8 Å². The summed E-state index contributed by atoms with van der Waals surface area (Å²) in [5.74, 6) is 0.0388. The Bertz CT molecular complexity index is 911. The topological polar surface area (TPSA) is 80.4 Å². The second-order valence-electron chi connectivity index (χ2n) is 6.91. The first-order valence-electron chi connectivity index (χ1n) is 9.24. The highest BCUT2D eigenvalue weighted by Gasteiger charge is 2.20. The van der Waals surface area contributed by atoms with Gasteiger partial charge in [-0.05, 0) is 73.1 Å². The number of rotatable bonds is 4. The van der Waals surface area contributed by atoms with Gasteiger partial charge in [-0.3, -0.25) is 14.8 Å². The lowest BCUT2D eigenvalue weighted by atomic mass is 9.89. The van der Waals surface area contributed by atoms with Gasteiger partial charge in [-0.2, -0.15) is 0 Å². The van der Waals surface area contributed by atoms with Crippen LogP contribution in [0.2, 0.25) is 0 Å². The quantitative estimate of drug-likeness (QED) is 0.821. The number of nitrogens with two attached hydrogens (primary N) is 1. The molecule has 0 aliphatic carbocycles. The van der Waals surface area contributed by atoms with Gasteiger partial charge >= 0.3 is 0 Å². The molecule has 1 aliphatic rings. The van der Waals surface area contributed by atoms with E-state index in [9.17, 15) is 4.79 Å². The number of hydrogen-bond donors (Lipinski definition) is 2. The van der Waals surface area contributed by atoms with Gasteiger partial charge in [0.2, 0.25) is 0 Å². The van der Waals surface area contributed by atoms with E-state index in [4.69, 9.17) is 5.73 Å². The summed E-state index contributed by atoms with van der Waals surface area (Å²) >= 11 is 0. The second kappa shape index (κ2) is 8.16. The van der Waals surface area contributed by atoms with E-state index in [0.29, 0.717) is 0 Å². The molecule has 0 unspecified atom stereocenters. The smallest absolute Gasteiger partial charge is 0.251 e. The molecule has 3 rings (SSSR count). The van der Waals surface area contributed by atoms with Crippen molar-refractivity contribution in [2.45, 2.75) is 33.1 Å². The first kappa shape index (κ1) is 18.8. The van der Waals surface area contributed by atoms with Gasteiger partial charge < -0.3 is 11.1 Å². The molecule has 140 valence electrons. The van der Waals surface area contributed by atoms with Crippen LogP contribution in [-0.4, -0.2) is 30.7 Å². The molecule has 0 atom stereocenters. The van der Waals surface area contributed by atoms with Gasteiger partial charge in [0.05, 0.1) is 5.69 Å². The molecule has 1 amide bonds. The normalized spacial score (nSPS) is 14.8. The largest absolute Gasteiger partial charge is 0.404 e. The number of nitrogens with one attached hydrogen (secondary N) is 1. The van der Waals surface area contributed by atoms with Gasteiger partial charge in [-0.15, -0.1) is 0 Å². The van der Waals surface area contributed by atoms with E-state index in [0.717, 1.165) is 48.2 Å². The Morgan fingerprint density at radius 3 is 2.81 bits per heavy atom. The lowest BCUT2D eigenvalue weighted by Crippen LogP contribution is -2.23. The third-order valence-corrected chi connectivity index (χ3v) is 5.24. The van der Waals surface area contributed by atoms with Crippen molar-refractivity contribution in [1.29, 1.82) is 0 Å². The summed E-state index contributed by atoms with van der Waals surface area (Å²) in [6.45, 7) is 5.01. The van der Waals surface area contributed by atoms with Crippen LogP contribution >= 0.6 is 0 Å². The molecule has 0 fully saturated rings. The highest BCUT2D eigenvalue weighted by molar-refractivity contribution is 6.08. The van der Waals surface area contributed by atoms with Crippen molar-refractivity contribution in [2.24, 2.45) is 10.7 Å². The van der Waals surface area contributed by atoms with Crippen molar-refractivity contribution in [3.63, 3.8) is 0 Å². The lowest BCUT2D eigenvalue weighted by Gasteiger charge is -2.16. The van der Waals surface area contributed by atoms with Gasteiger partial charge in [0.15, 0.2) is 0 Å². The minimum absolute atomic E-state index is 0.0388. The van der Waals surface area contributed by atoms with Crippen LogP contribution in [0.3, 0.4) is 0 Å². The number of pyridine rings is 1. The number of amides is 1. The number of aliphatic imine (C=N–C) groups is 1. The van der Waals surface area contributed by atoms with E-state index in [-0.39, 0.29) is 5.91 Å².